The molecular formula is C7H9ClO4. The molecule has 12 heavy (non-hydrogen) atoms. The molecule has 5 heteroatoms. The molecule has 4 nitrogen and oxygen atoms in total. The first-order valence-electron chi connectivity index (χ1n) is 3.21. The maximum Gasteiger partial charge on any atom is 0.403 e. The fraction of sp³-hybridized carbons (Fsp3) is 0.429. The number of carbonyl (C=O) groups excluding carboxylic acids is 2. The van der Waals surface area contributed by atoms with Gasteiger partial charge in [-0.1, -0.05) is 6.58 Å². The van der Waals surface area contributed by atoms with Gasteiger partial charge in [-0.3, -0.25) is 0 Å². The summed E-state index contributed by atoms with van der Waals surface area (Å²) in [6.07, 6.45) is 0.511. The molecule has 0 aliphatic heterocycles. The number of carbonyl (C=O) groups is 2. The van der Waals surface area contributed by atoms with Gasteiger partial charge in [0.05, 0.1) is 0 Å². The van der Waals surface area contributed by atoms with Gasteiger partial charge >= 0.3 is 11.4 Å². The molecule has 0 aromatic rings. The van der Waals surface area contributed by atoms with Crippen molar-refractivity contribution in [2.24, 2.45) is 0 Å². The van der Waals surface area contributed by atoms with Gasteiger partial charge < -0.3 is 9.47 Å². The number of esters is 1. The highest BCUT2D eigenvalue weighted by atomic mass is 35.5. The van der Waals surface area contributed by atoms with Crippen LogP contribution in [0.25, 0.3) is 0 Å². The normalized spacial score (nSPS) is 11.5. The SMILES string of the molecule is C=CC(=O)OC(C)COC(=O)Cl. The van der Waals surface area contributed by atoms with E-state index < -0.39 is 17.5 Å². The molecule has 68 valence electrons. The second-order valence-electron chi connectivity index (χ2n) is 2.00. The highest BCUT2D eigenvalue weighted by molar-refractivity contribution is 6.61. The van der Waals surface area contributed by atoms with Gasteiger partial charge in [0.2, 0.25) is 0 Å². The molecule has 1 unspecified atom stereocenters. The van der Waals surface area contributed by atoms with Crippen LogP contribution in [-0.2, 0) is 14.3 Å². The predicted molar refractivity (Wildman–Crippen MR) is 43.0 cm³/mol. The molecule has 0 aliphatic carbocycles. The molecule has 0 aromatic carbocycles. The Hall–Kier alpha value is -1.03. The summed E-state index contributed by atoms with van der Waals surface area (Å²) in [5.74, 6) is -0.562. The topological polar surface area (TPSA) is 52.6 Å². The smallest absolute Gasteiger partial charge is 0.403 e. The summed E-state index contributed by atoms with van der Waals surface area (Å²) in [5, 5.41) is 0. The Kier molecular flexibility index (Phi) is 5.12. The van der Waals surface area contributed by atoms with Crippen molar-refractivity contribution in [3.63, 3.8) is 0 Å². The molecule has 0 spiro atoms. The lowest BCUT2D eigenvalue weighted by atomic mass is 10.4. The van der Waals surface area contributed by atoms with Crippen LogP contribution in [0.1, 0.15) is 6.92 Å². The minimum atomic E-state index is -0.920. The van der Waals surface area contributed by atoms with Crippen LogP contribution in [0.4, 0.5) is 4.79 Å². The minimum Gasteiger partial charge on any atom is -0.456 e. The van der Waals surface area contributed by atoms with Gasteiger partial charge in [0.15, 0.2) is 0 Å². The van der Waals surface area contributed by atoms with Crippen LogP contribution in [0.5, 0.6) is 0 Å². The van der Waals surface area contributed by atoms with E-state index >= 15 is 0 Å². The molecular weight excluding hydrogens is 184 g/mol. The minimum absolute atomic E-state index is 0.0537. The van der Waals surface area contributed by atoms with E-state index in [4.69, 9.17) is 11.6 Å². The van der Waals surface area contributed by atoms with Crippen LogP contribution in [0.15, 0.2) is 12.7 Å². The van der Waals surface area contributed by atoms with E-state index in [1.807, 2.05) is 0 Å². The van der Waals surface area contributed by atoms with Crippen molar-refractivity contribution in [3.05, 3.63) is 12.7 Å². The van der Waals surface area contributed by atoms with Crippen LogP contribution in [0.3, 0.4) is 0 Å². The average molecular weight is 193 g/mol. The third-order valence-electron chi connectivity index (χ3n) is 0.916. The summed E-state index contributed by atoms with van der Waals surface area (Å²) in [6, 6.07) is 0. The molecule has 1 atom stereocenters. The van der Waals surface area contributed by atoms with Gasteiger partial charge in [-0.2, -0.15) is 0 Å². The maximum absolute atomic E-state index is 10.6. The van der Waals surface area contributed by atoms with Gasteiger partial charge in [0.1, 0.15) is 12.7 Å². The summed E-state index contributed by atoms with van der Waals surface area (Å²) < 4.78 is 9.02. The summed E-state index contributed by atoms with van der Waals surface area (Å²) in [5.41, 5.74) is -0.920. The molecule has 0 rings (SSSR count). The number of halogens is 1. The van der Waals surface area contributed by atoms with Crippen LogP contribution < -0.4 is 0 Å². The van der Waals surface area contributed by atoms with E-state index in [1.54, 1.807) is 6.92 Å². The van der Waals surface area contributed by atoms with Crippen molar-refractivity contribution in [3.8, 4) is 0 Å². The highest BCUT2D eigenvalue weighted by Gasteiger charge is 2.08. The van der Waals surface area contributed by atoms with Crippen LogP contribution in [-0.4, -0.2) is 24.1 Å². The third-order valence-corrected chi connectivity index (χ3v) is 1.02. The summed E-state index contributed by atoms with van der Waals surface area (Å²) >= 11 is 4.87. The Balaban J connectivity index is 3.59. The molecule has 0 radical (unpaired) electrons. The molecule has 0 aromatic heterocycles. The standard InChI is InChI=1S/C7H9ClO4/c1-3-6(9)12-5(2)4-11-7(8)10/h3,5H,1,4H2,2H3. The first kappa shape index (κ1) is 11.0. The number of hydrogen-bond acceptors (Lipinski definition) is 4. The highest BCUT2D eigenvalue weighted by Crippen LogP contribution is 1.95. The summed E-state index contributed by atoms with van der Waals surface area (Å²) in [6.45, 7) is 4.72. The van der Waals surface area contributed by atoms with Crippen LogP contribution in [0.2, 0.25) is 0 Å². The van der Waals surface area contributed by atoms with E-state index in [1.165, 1.54) is 0 Å². The van der Waals surface area contributed by atoms with Crippen molar-refractivity contribution in [1.82, 2.24) is 0 Å². The third kappa shape index (κ3) is 5.73. The zero-order valence-electron chi connectivity index (χ0n) is 6.58. The Morgan fingerprint density at radius 2 is 2.25 bits per heavy atom. The zero-order chi connectivity index (χ0) is 9.56. The zero-order valence-corrected chi connectivity index (χ0v) is 7.34. The Labute approximate surface area is 75.1 Å². The van der Waals surface area contributed by atoms with Gasteiger partial charge in [0.25, 0.3) is 0 Å². The lowest BCUT2D eigenvalue weighted by Gasteiger charge is -2.10. The first-order valence-corrected chi connectivity index (χ1v) is 3.59. The molecule has 0 aliphatic rings. The largest absolute Gasteiger partial charge is 0.456 e. The van der Waals surface area contributed by atoms with Gasteiger partial charge in [0, 0.05) is 17.7 Å². The van der Waals surface area contributed by atoms with Gasteiger partial charge in [-0.15, -0.1) is 0 Å². The van der Waals surface area contributed by atoms with E-state index in [-0.39, 0.29) is 6.61 Å². The molecule has 0 bridgehead atoms. The molecule has 0 saturated carbocycles. The molecule has 0 fully saturated rings. The van der Waals surface area contributed by atoms with Crippen molar-refractivity contribution in [1.29, 1.82) is 0 Å². The molecule has 0 N–H and O–H groups in total. The van der Waals surface area contributed by atoms with Crippen LogP contribution >= 0.6 is 11.6 Å². The van der Waals surface area contributed by atoms with Crippen molar-refractivity contribution < 1.29 is 19.1 Å². The second kappa shape index (κ2) is 5.60. The van der Waals surface area contributed by atoms with E-state index in [2.05, 4.69) is 16.1 Å². The van der Waals surface area contributed by atoms with Gasteiger partial charge in [-0.25, -0.2) is 9.59 Å². The van der Waals surface area contributed by atoms with Crippen molar-refractivity contribution in [2.45, 2.75) is 13.0 Å². The maximum atomic E-state index is 10.6. The van der Waals surface area contributed by atoms with E-state index in [0.717, 1.165) is 6.08 Å². The summed E-state index contributed by atoms with van der Waals surface area (Å²) in [4.78, 5) is 20.6. The van der Waals surface area contributed by atoms with Gasteiger partial charge in [-0.05, 0) is 6.92 Å². The molecule has 0 heterocycles. The summed E-state index contributed by atoms with van der Waals surface area (Å²) in [7, 11) is 0. The van der Waals surface area contributed by atoms with Crippen molar-refractivity contribution in [2.75, 3.05) is 6.61 Å². The monoisotopic (exact) mass is 192 g/mol. The van der Waals surface area contributed by atoms with Crippen LogP contribution in [0, 0.1) is 0 Å². The molecule has 0 saturated heterocycles. The lowest BCUT2D eigenvalue weighted by molar-refractivity contribution is -0.143. The second-order valence-corrected chi connectivity index (χ2v) is 2.31. The predicted octanol–water partition coefficient (Wildman–Crippen LogP) is 1.48. The fourth-order valence-corrected chi connectivity index (χ4v) is 0.526. The Bertz CT molecular complexity index is 190. The lowest BCUT2D eigenvalue weighted by Crippen LogP contribution is -2.19. The Morgan fingerprint density at radius 3 is 2.67 bits per heavy atom. The number of hydrogen-bond donors (Lipinski definition) is 0. The van der Waals surface area contributed by atoms with E-state index in [0.29, 0.717) is 0 Å². The average Bonchev–Trinajstić information content (AvgIpc) is 2.00. The number of ether oxygens (including phenoxy) is 2. The quantitative estimate of drug-likeness (QED) is 0.385. The number of rotatable bonds is 4. The Morgan fingerprint density at radius 1 is 1.67 bits per heavy atom. The fourth-order valence-electron chi connectivity index (χ4n) is 0.463. The van der Waals surface area contributed by atoms with E-state index in [9.17, 15) is 9.59 Å². The molecule has 0 amide bonds. The first-order chi connectivity index (χ1) is 5.56. The van der Waals surface area contributed by atoms with Crippen molar-refractivity contribution >= 4 is 23.0 Å².